The van der Waals surface area contributed by atoms with Gasteiger partial charge in [-0.25, -0.2) is 0 Å². The number of benzene rings is 2. The number of amides is 4. The summed E-state index contributed by atoms with van der Waals surface area (Å²) in [5.74, 6) is -9.41. The average molecular weight is 903 g/mol. The number of nitrogens with one attached hydrogen (secondary N) is 2. The third-order valence-electron chi connectivity index (χ3n) is 12.1. The van der Waals surface area contributed by atoms with E-state index in [-0.39, 0.29) is 76.7 Å². The summed E-state index contributed by atoms with van der Waals surface area (Å²) in [4.78, 5) is 120. The van der Waals surface area contributed by atoms with Crippen molar-refractivity contribution < 1.29 is 57.7 Å². The Morgan fingerprint density at radius 3 is 2.14 bits per heavy atom. The van der Waals surface area contributed by atoms with Crippen LogP contribution in [-0.4, -0.2) is 94.8 Å². The number of ketones is 3. The zero-order chi connectivity index (χ0) is 47.5. The molecule has 1 heterocycles. The standard InChI is InChI=1S/C49H66N4O12/c1-4-14-34(45(58)40(54)22-23-42(56)52-44(46(50)59)33-17-9-6-10-18-33)25-41(55)39-27-36(64-30-32-15-7-5-8-16-32)28-53(39)48(61)35(26-43(57)65-29-31(2)3)19-13-24-51-47(60)37-20-11-12-21-38(37)49(62)63/h5-10,15-18,31,34-39,44H,4,11-14,19-30H2,1-3H3,(H2,50,59)(H,51,60)(H,52,56)(H,62,63)/t34?,35-,36-,37?,38-,39+,44+/m1/s1. The van der Waals surface area contributed by atoms with Gasteiger partial charge in [0.15, 0.2) is 11.6 Å². The summed E-state index contributed by atoms with van der Waals surface area (Å²) in [6.45, 7) is 6.06. The van der Waals surface area contributed by atoms with Crippen LogP contribution in [0.3, 0.4) is 0 Å². The van der Waals surface area contributed by atoms with Crippen molar-refractivity contribution in [3.63, 3.8) is 0 Å². The maximum atomic E-state index is 14.6. The van der Waals surface area contributed by atoms with Gasteiger partial charge in [-0.05, 0) is 49.1 Å². The molecule has 0 spiro atoms. The predicted molar refractivity (Wildman–Crippen MR) is 238 cm³/mol. The maximum absolute atomic E-state index is 14.6. The number of aliphatic carboxylic acids is 1. The number of carbonyl (C=O) groups excluding carboxylic acids is 8. The smallest absolute Gasteiger partial charge is 0.307 e. The van der Waals surface area contributed by atoms with E-state index in [0.717, 1.165) is 18.4 Å². The second kappa shape index (κ2) is 26.3. The van der Waals surface area contributed by atoms with Gasteiger partial charge in [-0.3, -0.25) is 43.2 Å². The van der Waals surface area contributed by atoms with E-state index < -0.39 is 102 Å². The number of rotatable bonds is 27. The van der Waals surface area contributed by atoms with Crippen molar-refractivity contribution >= 4 is 52.9 Å². The van der Waals surface area contributed by atoms with Crippen LogP contribution < -0.4 is 16.4 Å². The number of esters is 1. The van der Waals surface area contributed by atoms with Crippen LogP contribution in [0, 0.1) is 29.6 Å². The second-order valence-corrected chi connectivity index (χ2v) is 17.7. The van der Waals surface area contributed by atoms with E-state index in [0.29, 0.717) is 24.8 Å². The summed E-state index contributed by atoms with van der Waals surface area (Å²) in [7, 11) is 0. The van der Waals surface area contributed by atoms with Crippen molar-refractivity contribution in [3.05, 3.63) is 71.8 Å². The monoisotopic (exact) mass is 902 g/mol. The van der Waals surface area contributed by atoms with Crippen LogP contribution in [-0.2, 0) is 59.2 Å². The van der Waals surface area contributed by atoms with E-state index >= 15 is 0 Å². The summed E-state index contributed by atoms with van der Waals surface area (Å²) in [5, 5.41) is 15.0. The van der Waals surface area contributed by atoms with E-state index in [4.69, 9.17) is 15.2 Å². The van der Waals surface area contributed by atoms with Crippen molar-refractivity contribution in [2.24, 2.45) is 35.3 Å². The molecule has 2 fully saturated rings. The Morgan fingerprint density at radius 1 is 0.846 bits per heavy atom. The van der Waals surface area contributed by atoms with Gasteiger partial charge in [-0.1, -0.05) is 101 Å². The molecule has 0 radical (unpaired) electrons. The minimum Gasteiger partial charge on any atom is -0.481 e. The van der Waals surface area contributed by atoms with Gasteiger partial charge in [0.25, 0.3) is 0 Å². The van der Waals surface area contributed by atoms with Crippen LogP contribution in [0.5, 0.6) is 0 Å². The van der Waals surface area contributed by atoms with Crippen LogP contribution in [0.4, 0.5) is 0 Å². The maximum Gasteiger partial charge on any atom is 0.307 e. The highest BCUT2D eigenvalue weighted by Gasteiger charge is 2.44. The van der Waals surface area contributed by atoms with Gasteiger partial charge < -0.3 is 35.8 Å². The number of carboxylic acids is 1. The number of primary amides is 1. The predicted octanol–water partition coefficient (Wildman–Crippen LogP) is 4.80. The zero-order valence-electron chi connectivity index (χ0n) is 37.9. The lowest BCUT2D eigenvalue weighted by molar-refractivity contribution is -0.151. The first kappa shape index (κ1) is 51.9. The average Bonchev–Trinajstić information content (AvgIpc) is 3.74. The molecular formula is C49H66N4O12. The van der Waals surface area contributed by atoms with Crippen molar-refractivity contribution in [2.75, 3.05) is 19.7 Å². The third kappa shape index (κ3) is 16.3. The summed E-state index contributed by atoms with van der Waals surface area (Å²) < 4.78 is 11.7. The molecule has 0 aromatic heterocycles. The molecule has 16 heteroatoms. The molecule has 1 saturated heterocycles. The zero-order valence-corrected chi connectivity index (χ0v) is 37.9. The summed E-state index contributed by atoms with van der Waals surface area (Å²) in [6, 6.07) is 15.5. The molecule has 2 aromatic rings. The first-order valence-corrected chi connectivity index (χ1v) is 22.9. The normalized spacial score (nSPS) is 19.7. The van der Waals surface area contributed by atoms with Crippen molar-refractivity contribution in [1.82, 2.24) is 15.5 Å². The fourth-order valence-electron chi connectivity index (χ4n) is 8.58. The Labute approximate surface area is 381 Å². The SMILES string of the molecule is CCCC(CC(=O)[C@@H]1C[C@@H](OCc2ccccc2)CN1C(=O)[C@H](CCCNC(=O)C1CCCC[C@H]1C(=O)O)CC(=O)OCC(C)C)C(=O)C(=O)CCC(=O)N[C@H](C(N)=O)c1ccccc1. The lowest BCUT2D eigenvalue weighted by Gasteiger charge is -2.29. The summed E-state index contributed by atoms with van der Waals surface area (Å²) >= 11 is 0. The number of nitrogens with two attached hydrogens (primary N) is 1. The second-order valence-electron chi connectivity index (χ2n) is 17.7. The Hall–Kier alpha value is -5.77. The molecule has 1 saturated carbocycles. The topological polar surface area (TPSA) is 246 Å². The number of ether oxygens (including phenoxy) is 2. The third-order valence-corrected chi connectivity index (χ3v) is 12.1. The van der Waals surface area contributed by atoms with Gasteiger partial charge >= 0.3 is 11.9 Å². The first-order chi connectivity index (χ1) is 31.1. The van der Waals surface area contributed by atoms with Crippen LogP contribution in [0.1, 0.15) is 121 Å². The number of nitrogens with zero attached hydrogens (tertiary/aromatic N) is 1. The molecule has 65 heavy (non-hydrogen) atoms. The van der Waals surface area contributed by atoms with Crippen LogP contribution >= 0.6 is 0 Å². The van der Waals surface area contributed by atoms with Gasteiger partial charge in [0, 0.05) is 50.6 Å². The minimum atomic E-state index is -1.14. The fraction of sp³-hybridized carbons (Fsp3) is 0.571. The summed E-state index contributed by atoms with van der Waals surface area (Å²) in [6.07, 6.45) is 1.46. The first-order valence-electron chi connectivity index (χ1n) is 22.9. The van der Waals surface area contributed by atoms with Gasteiger partial charge in [-0.2, -0.15) is 0 Å². The van der Waals surface area contributed by atoms with Gasteiger partial charge in [0.2, 0.25) is 29.4 Å². The Bertz CT molecular complexity index is 1960. The van der Waals surface area contributed by atoms with Crippen LogP contribution in [0.15, 0.2) is 60.7 Å². The Kier molecular flexibility index (Phi) is 20.9. The quantitative estimate of drug-likeness (QED) is 0.0537. The molecule has 1 aliphatic heterocycles. The molecule has 5 N–H and O–H groups in total. The summed E-state index contributed by atoms with van der Waals surface area (Å²) in [5.41, 5.74) is 6.85. The van der Waals surface area contributed by atoms with Crippen molar-refractivity contribution in [3.8, 4) is 0 Å². The van der Waals surface area contributed by atoms with E-state index in [1.54, 1.807) is 37.3 Å². The van der Waals surface area contributed by atoms with E-state index in [1.165, 1.54) is 4.90 Å². The Balaban J connectivity index is 1.48. The molecule has 354 valence electrons. The van der Waals surface area contributed by atoms with Crippen LogP contribution in [0.2, 0.25) is 0 Å². The highest BCUT2D eigenvalue weighted by Crippen LogP contribution is 2.32. The molecule has 2 aromatic carbocycles. The van der Waals surface area contributed by atoms with Gasteiger partial charge in [-0.15, -0.1) is 0 Å². The fourth-order valence-corrected chi connectivity index (χ4v) is 8.58. The molecule has 16 nitrogen and oxygen atoms in total. The number of Topliss-reactive ketones (excluding diaryl/α,β-unsaturated/α-hetero) is 3. The molecule has 1 aliphatic carbocycles. The number of hydrogen-bond donors (Lipinski definition) is 4. The number of carboxylic acid groups (broad SMARTS) is 1. The van der Waals surface area contributed by atoms with Crippen molar-refractivity contribution in [1.29, 1.82) is 0 Å². The molecule has 7 atom stereocenters. The highest BCUT2D eigenvalue weighted by atomic mass is 16.5. The number of likely N-dealkylation sites (tertiary alicyclic amines) is 1. The number of hydrogen-bond acceptors (Lipinski definition) is 11. The van der Waals surface area contributed by atoms with Gasteiger partial charge in [0.05, 0.1) is 43.6 Å². The Morgan fingerprint density at radius 2 is 1.51 bits per heavy atom. The minimum absolute atomic E-state index is 0.0182. The lowest BCUT2D eigenvalue weighted by atomic mass is 9.78. The van der Waals surface area contributed by atoms with Gasteiger partial charge in [0.1, 0.15) is 6.04 Å². The van der Waals surface area contributed by atoms with Crippen LogP contribution in [0.25, 0.3) is 0 Å². The molecule has 0 bridgehead atoms. The van der Waals surface area contributed by atoms with Crippen molar-refractivity contribution in [2.45, 2.75) is 129 Å². The molecule has 2 unspecified atom stereocenters. The van der Waals surface area contributed by atoms with E-state index in [9.17, 15) is 48.3 Å². The lowest BCUT2D eigenvalue weighted by Crippen LogP contribution is -2.45. The number of carbonyl (C=O) groups is 9. The highest BCUT2D eigenvalue weighted by molar-refractivity contribution is 6.38. The largest absolute Gasteiger partial charge is 0.481 e. The van der Waals surface area contributed by atoms with E-state index in [2.05, 4.69) is 10.6 Å². The molecule has 4 rings (SSSR count). The van der Waals surface area contributed by atoms with E-state index in [1.807, 2.05) is 44.2 Å². The molecular weight excluding hydrogens is 837 g/mol. The molecule has 4 amide bonds. The molecule has 2 aliphatic rings.